The van der Waals surface area contributed by atoms with E-state index < -0.39 is 35.1 Å². The third kappa shape index (κ3) is 3.67. The van der Waals surface area contributed by atoms with Gasteiger partial charge in [-0.25, -0.2) is 18.8 Å². The van der Waals surface area contributed by atoms with Gasteiger partial charge in [0.2, 0.25) is 0 Å². The highest BCUT2D eigenvalue weighted by Crippen LogP contribution is 2.26. The van der Waals surface area contributed by atoms with Crippen molar-refractivity contribution >= 4 is 39.5 Å². The van der Waals surface area contributed by atoms with Gasteiger partial charge in [-0.2, -0.15) is 0 Å². The van der Waals surface area contributed by atoms with Crippen LogP contribution in [-0.4, -0.2) is 28.8 Å². The number of cyclic esters (lactones) is 2. The number of benzene rings is 1. The number of carboxylic acid groups (broad SMARTS) is 1. The van der Waals surface area contributed by atoms with E-state index in [-0.39, 0.29) is 15.7 Å². The molecule has 0 bridgehead atoms. The van der Waals surface area contributed by atoms with Crippen molar-refractivity contribution < 1.29 is 33.4 Å². The van der Waals surface area contributed by atoms with Crippen LogP contribution in [0.3, 0.4) is 0 Å². The molecule has 1 aromatic carbocycles. The number of nitrogens with one attached hydrogen (secondary N) is 1. The molecule has 1 heterocycles. The predicted molar refractivity (Wildman–Crippen MR) is 79.0 cm³/mol. The lowest BCUT2D eigenvalue weighted by atomic mass is 10.2. The van der Waals surface area contributed by atoms with Gasteiger partial charge in [0.05, 0.1) is 11.3 Å². The molecule has 1 aliphatic heterocycles. The number of aromatic carboxylic acids is 1. The first-order chi connectivity index (χ1) is 10.6. The molecule has 122 valence electrons. The van der Waals surface area contributed by atoms with Crippen molar-refractivity contribution in [2.45, 2.75) is 19.6 Å². The molecule has 9 heteroatoms. The Hall–Kier alpha value is -2.42. The van der Waals surface area contributed by atoms with Crippen LogP contribution in [-0.2, 0) is 19.1 Å². The van der Waals surface area contributed by atoms with Crippen molar-refractivity contribution in [2.75, 3.05) is 5.32 Å². The van der Waals surface area contributed by atoms with Crippen LogP contribution in [0.15, 0.2) is 28.4 Å². The zero-order valence-corrected chi connectivity index (χ0v) is 13.6. The summed E-state index contributed by atoms with van der Waals surface area (Å²) in [5.74, 6) is -5.38. The fourth-order valence-electron chi connectivity index (χ4n) is 1.75. The highest BCUT2D eigenvalue weighted by atomic mass is 79.9. The van der Waals surface area contributed by atoms with E-state index in [2.05, 4.69) is 21.2 Å². The van der Waals surface area contributed by atoms with Crippen molar-refractivity contribution in [2.24, 2.45) is 0 Å². The van der Waals surface area contributed by atoms with Gasteiger partial charge in [-0.3, -0.25) is 0 Å². The molecule has 0 unspecified atom stereocenters. The minimum atomic E-state index is -1.37. The van der Waals surface area contributed by atoms with Crippen LogP contribution in [0.5, 0.6) is 0 Å². The smallest absolute Gasteiger partial charge is 0.350 e. The lowest BCUT2D eigenvalue weighted by molar-refractivity contribution is -0.222. The van der Waals surface area contributed by atoms with Crippen LogP contribution in [0.4, 0.5) is 10.1 Å². The average molecular weight is 388 g/mol. The molecule has 0 spiro atoms. The van der Waals surface area contributed by atoms with Crippen molar-refractivity contribution in [1.82, 2.24) is 0 Å². The summed E-state index contributed by atoms with van der Waals surface area (Å²) in [4.78, 5) is 34.3. The number of anilines is 1. The van der Waals surface area contributed by atoms with Crippen LogP contribution in [0, 0.1) is 5.82 Å². The van der Waals surface area contributed by atoms with Crippen molar-refractivity contribution in [3.63, 3.8) is 0 Å². The first kappa shape index (κ1) is 16.9. The summed E-state index contributed by atoms with van der Waals surface area (Å²) in [7, 11) is 0. The summed E-state index contributed by atoms with van der Waals surface area (Å²) in [5.41, 5.74) is -0.846. The maximum atomic E-state index is 13.9. The van der Waals surface area contributed by atoms with Gasteiger partial charge in [0.1, 0.15) is 5.82 Å². The van der Waals surface area contributed by atoms with Gasteiger partial charge in [-0.15, -0.1) is 0 Å². The normalized spacial score (nSPS) is 16.4. The number of rotatable bonds is 3. The third-order valence-corrected chi connectivity index (χ3v) is 3.43. The molecule has 1 aromatic rings. The van der Waals surface area contributed by atoms with E-state index in [0.717, 1.165) is 12.3 Å². The van der Waals surface area contributed by atoms with E-state index in [9.17, 15) is 18.8 Å². The van der Waals surface area contributed by atoms with Crippen LogP contribution >= 0.6 is 15.9 Å². The third-order valence-electron chi connectivity index (χ3n) is 2.78. The van der Waals surface area contributed by atoms with Crippen molar-refractivity contribution in [3.8, 4) is 0 Å². The molecular formula is C14H11BrFNO6. The van der Waals surface area contributed by atoms with E-state index in [1.807, 2.05) is 0 Å². The summed E-state index contributed by atoms with van der Waals surface area (Å²) in [6, 6.07) is 1.97. The molecular weight excluding hydrogens is 377 g/mol. The van der Waals surface area contributed by atoms with Gasteiger partial charge in [-0.1, -0.05) is 0 Å². The molecule has 1 aliphatic rings. The van der Waals surface area contributed by atoms with Crippen LogP contribution in [0.1, 0.15) is 24.2 Å². The Morgan fingerprint density at radius 1 is 1.30 bits per heavy atom. The Kier molecular flexibility index (Phi) is 4.42. The van der Waals surface area contributed by atoms with Gasteiger partial charge < -0.3 is 19.9 Å². The molecule has 7 nitrogen and oxygen atoms in total. The first-order valence-corrected chi connectivity index (χ1v) is 7.06. The van der Waals surface area contributed by atoms with E-state index in [0.29, 0.717) is 0 Å². The van der Waals surface area contributed by atoms with Crippen molar-refractivity contribution in [1.29, 1.82) is 0 Å². The quantitative estimate of drug-likeness (QED) is 0.466. The molecule has 0 radical (unpaired) electrons. The van der Waals surface area contributed by atoms with Gasteiger partial charge in [0, 0.05) is 24.5 Å². The minimum absolute atomic E-state index is 0.127. The van der Waals surface area contributed by atoms with E-state index in [1.165, 1.54) is 19.9 Å². The summed E-state index contributed by atoms with van der Waals surface area (Å²) < 4.78 is 23.7. The Labute approximate surface area is 138 Å². The van der Waals surface area contributed by atoms with E-state index in [1.54, 1.807) is 0 Å². The Bertz CT molecular complexity index is 721. The summed E-state index contributed by atoms with van der Waals surface area (Å²) in [5, 5.41) is 11.3. The number of ether oxygens (including phenoxy) is 2. The molecule has 23 heavy (non-hydrogen) atoms. The summed E-state index contributed by atoms with van der Waals surface area (Å²) in [6.07, 6.45) is 0.936. The Morgan fingerprint density at radius 3 is 2.39 bits per heavy atom. The summed E-state index contributed by atoms with van der Waals surface area (Å²) >= 11 is 3.00. The molecule has 2 N–H and O–H groups in total. The second-order valence-electron chi connectivity index (χ2n) is 5.00. The van der Waals surface area contributed by atoms with Crippen LogP contribution in [0.2, 0.25) is 0 Å². The first-order valence-electron chi connectivity index (χ1n) is 6.26. The van der Waals surface area contributed by atoms with E-state index >= 15 is 0 Å². The number of hydrogen-bond acceptors (Lipinski definition) is 6. The van der Waals surface area contributed by atoms with Gasteiger partial charge in [0.25, 0.3) is 5.79 Å². The zero-order chi connectivity index (χ0) is 17.4. The fourth-order valence-corrected chi connectivity index (χ4v) is 2.26. The number of esters is 2. The molecule has 0 aliphatic carbocycles. The van der Waals surface area contributed by atoms with Gasteiger partial charge >= 0.3 is 17.9 Å². The molecule has 1 fully saturated rings. The lowest BCUT2D eigenvalue weighted by Crippen LogP contribution is -2.42. The fraction of sp³-hybridized carbons (Fsp3) is 0.214. The predicted octanol–water partition coefficient (Wildman–Crippen LogP) is 2.42. The topological polar surface area (TPSA) is 102 Å². The summed E-state index contributed by atoms with van der Waals surface area (Å²) in [6.45, 7) is 2.79. The molecule has 0 saturated carbocycles. The molecule has 0 atom stereocenters. The van der Waals surface area contributed by atoms with Crippen LogP contribution in [0.25, 0.3) is 0 Å². The van der Waals surface area contributed by atoms with E-state index in [4.69, 9.17) is 14.6 Å². The van der Waals surface area contributed by atoms with Crippen LogP contribution < -0.4 is 5.32 Å². The lowest BCUT2D eigenvalue weighted by Gasteiger charge is -2.29. The Balaban J connectivity index is 2.27. The largest absolute Gasteiger partial charge is 0.478 e. The highest BCUT2D eigenvalue weighted by molar-refractivity contribution is 9.10. The average Bonchev–Trinajstić information content (AvgIpc) is 2.39. The molecule has 0 amide bonds. The minimum Gasteiger partial charge on any atom is -0.478 e. The second kappa shape index (κ2) is 5.99. The highest BCUT2D eigenvalue weighted by Gasteiger charge is 2.39. The molecule has 0 aromatic heterocycles. The second-order valence-corrected chi connectivity index (χ2v) is 5.85. The van der Waals surface area contributed by atoms with Gasteiger partial charge in [0.15, 0.2) is 5.57 Å². The maximum Gasteiger partial charge on any atom is 0.350 e. The number of carbonyl (C=O) groups is 3. The molecule has 1 saturated heterocycles. The Morgan fingerprint density at radius 2 is 1.87 bits per heavy atom. The van der Waals surface area contributed by atoms with Crippen molar-refractivity contribution in [3.05, 3.63) is 39.8 Å². The number of carboxylic acids is 1. The van der Waals surface area contributed by atoms with Gasteiger partial charge in [-0.05, 0) is 28.1 Å². The standard InChI is InChI=1S/C14H11BrFNO6/c1-14(2)22-12(20)7(13(21)23-14)5-17-10-4-8(15)6(11(18)19)3-9(10)16/h3-5,17H,1-2H3,(H,18,19). The zero-order valence-electron chi connectivity index (χ0n) is 12.0. The number of carbonyl (C=O) groups excluding carboxylic acids is 2. The number of hydrogen-bond donors (Lipinski definition) is 2. The SMILES string of the molecule is CC1(C)OC(=O)C(=CNc2cc(Br)c(C(=O)O)cc2F)C(=O)O1. The monoisotopic (exact) mass is 387 g/mol. The number of halogens is 2. The maximum absolute atomic E-state index is 13.9. The molecule has 2 rings (SSSR count).